The number of fused-ring (bicyclic) bond motifs is 1. The van der Waals surface area contributed by atoms with Crippen LogP contribution in [0, 0.1) is 6.92 Å². The molecule has 2 N–H and O–H groups in total. The molecule has 0 atom stereocenters. The van der Waals surface area contributed by atoms with Crippen molar-refractivity contribution in [2.24, 2.45) is 0 Å². The lowest BCUT2D eigenvalue weighted by atomic mass is 10.1. The Balaban J connectivity index is 2.31. The number of carbonyl (C=O) groups excluding carboxylic acids is 1. The van der Waals surface area contributed by atoms with Crippen LogP contribution in [0.4, 0.5) is 0 Å². The van der Waals surface area contributed by atoms with E-state index in [0.717, 1.165) is 0 Å². The number of carbonyl (C=O) groups is 2. The van der Waals surface area contributed by atoms with Crippen LogP contribution in [0.15, 0.2) is 36.7 Å². The Labute approximate surface area is 141 Å². The number of rotatable bonds is 3. The maximum Gasteiger partial charge on any atom is 0.307 e. The zero-order valence-electron chi connectivity index (χ0n) is 12.7. The number of phenols is 1. The first kappa shape index (κ1) is 16.0. The monoisotopic (exact) mass is 344 g/mol. The van der Waals surface area contributed by atoms with Crippen molar-refractivity contribution in [1.82, 2.24) is 9.55 Å². The average Bonchev–Trinajstić information content (AvgIpc) is 2.80. The van der Waals surface area contributed by atoms with Gasteiger partial charge in [-0.3, -0.25) is 19.1 Å². The molecule has 0 aliphatic heterocycles. The second-order valence-electron chi connectivity index (χ2n) is 5.34. The number of halogens is 1. The maximum absolute atomic E-state index is 12.8. The lowest BCUT2D eigenvalue weighted by molar-refractivity contribution is -0.136. The van der Waals surface area contributed by atoms with Crippen molar-refractivity contribution in [3.8, 4) is 5.75 Å². The Hall–Kier alpha value is -2.86. The predicted octanol–water partition coefficient (Wildman–Crippen LogP) is 3.02. The number of aromatic nitrogens is 2. The van der Waals surface area contributed by atoms with E-state index in [1.165, 1.54) is 22.9 Å². The van der Waals surface area contributed by atoms with E-state index in [1.54, 1.807) is 25.3 Å². The second kappa shape index (κ2) is 5.98. The third-order valence-electron chi connectivity index (χ3n) is 3.84. The van der Waals surface area contributed by atoms with Gasteiger partial charge < -0.3 is 10.2 Å². The summed E-state index contributed by atoms with van der Waals surface area (Å²) in [6.45, 7) is 1.66. The summed E-state index contributed by atoms with van der Waals surface area (Å²) in [5, 5.41) is 19.6. The van der Waals surface area contributed by atoms with E-state index < -0.39 is 5.97 Å². The standard InChI is InChI=1S/C17H13ClN2O4/c1-9-11(6-16(22)23)12-5-15(21)13(18)7-14(12)20(9)17(24)10-3-2-4-19-8-10/h2-5,7-8,21H,6H2,1H3,(H,22,23). The molecule has 0 fully saturated rings. The summed E-state index contributed by atoms with van der Waals surface area (Å²) in [5.74, 6) is -1.54. The molecule has 0 amide bonds. The van der Waals surface area contributed by atoms with Gasteiger partial charge in [-0.05, 0) is 36.8 Å². The van der Waals surface area contributed by atoms with Crippen LogP contribution in [-0.4, -0.2) is 31.6 Å². The molecule has 0 saturated carbocycles. The summed E-state index contributed by atoms with van der Waals surface area (Å²) >= 11 is 5.97. The molecule has 3 rings (SSSR count). The van der Waals surface area contributed by atoms with Crippen LogP contribution in [0.5, 0.6) is 5.75 Å². The Bertz CT molecular complexity index is 964. The lowest BCUT2D eigenvalue weighted by Gasteiger charge is -2.07. The molecule has 122 valence electrons. The summed E-state index contributed by atoms with van der Waals surface area (Å²) in [7, 11) is 0. The fourth-order valence-corrected chi connectivity index (χ4v) is 2.90. The highest BCUT2D eigenvalue weighted by Gasteiger charge is 2.22. The van der Waals surface area contributed by atoms with Gasteiger partial charge in [-0.15, -0.1) is 0 Å². The smallest absolute Gasteiger partial charge is 0.307 e. The zero-order chi connectivity index (χ0) is 17.4. The number of aliphatic carboxylic acids is 1. The zero-order valence-corrected chi connectivity index (χ0v) is 13.4. The molecule has 7 heteroatoms. The van der Waals surface area contributed by atoms with Crippen molar-refractivity contribution >= 4 is 34.4 Å². The number of phenolic OH excluding ortho intramolecular Hbond substituents is 1. The molecule has 24 heavy (non-hydrogen) atoms. The molecule has 1 aromatic carbocycles. The fourth-order valence-electron chi connectivity index (χ4n) is 2.74. The Morgan fingerprint density at radius 2 is 2.08 bits per heavy atom. The molecule has 6 nitrogen and oxygen atoms in total. The van der Waals surface area contributed by atoms with Gasteiger partial charge in [0.2, 0.25) is 0 Å². The average molecular weight is 345 g/mol. The number of hydrogen-bond donors (Lipinski definition) is 2. The largest absolute Gasteiger partial charge is 0.506 e. The maximum atomic E-state index is 12.8. The molecular formula is C17H13ClN2O4. The Morgan fingerprint density at radius 1 is 1.33 bits per heavy atom. The molecule has 0 saturated heterocycles. The second-order valence-corrected chi connectivity index (χ2v) is 5.74. The first-order valence-electron chi connectivity index (χ1n) is 7.09. The Kier molecular flexibility index (Phi) is 3.99. The molecule has 0 spiro atoms. The summed E-state index contributed by atoms with van der Waals surface area (Å²) in [4.78, 5) is 28.0. The molecule has 0 bridgehead atoms. The highest BCUT2D eigenvalue weighted by atomic mass is 35.5. The number of carboxylic acids is 1. The van der Waals surface area contributed by atoms with Gasteiger partial charge in [0.25, 0.3) is 5.91 Å². The molecule has 3 aromatic rings. The van der Waals surface area contributed by atoms with Gasteiger partial charge in [0.15, 0.2) is 0 Å². The Morgan fingerprint density at radius 3 is 2.71 bits per heavy atom. The molecule has 2 heterocycles. The van der Waals surface area contributed by atoms with Crippen molar-refractivity contribution in [3.05, 3.63) is 58.5 Å². The number of carboxylic acid groups (broad SMARTS) is 1. The number of hydrogen-bond acceptors (Lipinski definition) is 4. The number of nitrogens with zero attached hydrogens (tertiary/aromatic N) is 2. The molecule has 0 aliphatic carbocycles. The van der Waals surface area contributed by atoms with Crippen LogP contribution in [0.3, 0.4) is 0 Å². The molecule has 0 aliphatic rings. The van der Waals surface area contributed by atoms with Crippen LogP contribution in [-0.2, 0) is 11.2 Å². The van der Waals surface area contributed by atoms with E-state index in [-0.39, 0.29) is 23.1 Å². The summed E-state index contributed by atoms with van der Waals surface area (Å²) in [5.41, 5.74) is 1.76. The van der Waals surface area contributed by atoms with Gasteiger partial charge >= 0.3 is 5.97 Å². The van der Waals surface area contributed by atoms with E-state index in [2.05, 4.69) is 4.98 Å². The van der Waals surface area contributed by atoms with Crippen molar-refractivity contribution < 1.29 is 19.8 Å². The van der Waals surface area contributed by atoms with Gasteiger partial charge in [0.1, 0.15) is 5.75 Å². The highest BCUT2D eigenvalue weighted by Crippen LogP contribution is 2.34. The van der Waals surface area contributed by atoms with Crippen molar-refractivity contribution in [1.29, 1.82) is 0 Å². The van der Waals surface area contributed by atoms with Crippen LogP contribution in [0.25, 0.3) is 10.9 Å². The molecule has 0 radical (unpaired) electrons. The highest BCUT2D eigenvalue weighted by molar-refractivity contribution is 6.33. The van der Waals surface area contributed by atoms with Crippen molar-refractivity contribution in [2.75, 3.05) is 0 Å². The van der Waals surface area contributed by atoms with E-state index >= 15 is 0 Å². The van der Waals surface area contributed by atoms with Crippen LogP contribution in [0.2, 0.25) is 5.02 Å². The third kappa shape index (κ3) is 2.61. The SMILES string of the molecule is Cc1c(CC(=O)O)c2cc(O)c(Cl)cc2n1C(=O)c1cccnc1. The van der Waals surface area contributed by atoms with Gasteiger partial charge in [-0.2, -0.15) is 0 Å². The van der Waals surface area contributed by atoms with Crippen molar-refractivity contribution in [3.63, 3.8) is 0 Å². The third-order valence-corrected chi connectivity index (χ3v) is 4.15. The first-order valence-corrected chi connectivity index (χ1v) is 7.47. The normalized spacial score (nSPS) is 10.9. The molecular weight excluding hydrogens is 332 g/mol. The topological polar surface area (TPSA) is 92.4 Å². The lowest BCUT2D eigenvalue weighted by Crippen LogP contribution is -2.14. The van der Waals surface area contributed by atoms with Gasteiger partial charge in [-0.25, -0.2) is 0 Å². The van der Waals surface area contributed by atoms with E-state index in [1.807, 2.05) is 0 Å². The van der Waals surface area contributed by atoms with Gasteiger partial charge in [0, 0.05) is 23.5 Å². The summed E-state index contributed by atoms with van der Waals surface area (Å²) in [6, 6.07) is 6.11. The van der Waals surface area contributed by atoms with Gasteiger partial charge in [0.05, 0.1) is 22.5 Å². The quantitative estimate of drug-likeness (QED) is 0.762. The minimum Gasteiger partial charge on any atom is -0.506 e. The van der Waals surface area contributed by atoms with E-state index in [9.17, 15) is 14.7 Å². The number of aromatic hydroxyl groups is 1. The summed E-state index contributed by atoms with van der Waals surface area (Å²) in [6.07, 6.45) is 2.73. The fraction of sp³-hybridized carbons (Fsp3) is 0.118. The van der Waals surface area contributed by atoms with E-state index in [0.29, 0.717) is 27.7 Å². The first-order chi connectivity index (χ1) is 11.4. The predicted molar refractivity (Wildman–Crippen MR) is 88.7 cm³/mol. The molecule has 0 unspecified atom stereocenters. The minimum absolute atomic E-state index is 0.0853. The minimum atomic E-state index is -1.03. The van der Waals surface area contributed by atoms with E-state index in [4.69, 9.17) is 16.7 Å². The van der Waals surface area contributed by atoms with Crippen LogP contribution < -0.4 is 0 Å². The molecule has 2 aromatic heterocycles. The summed E-state index contributed by atoms with van der Waals surface area (Å²) < 4.78 is 1.40. The van der Waals surface area contributed by atoms with Gasteiger partial charge in [-0.1, -0.05) is 11.6 Å². The number of benzene rings is 1. The van der Waals surface area contributed by atoms with Crippen LogP contribution >= 0.6 is 11.6 Å². The van der Waals surface area contributed by atoms with Crippen molar-refractivity contribution in [2.45, 2.75) is 13.3 Å². The number of pyridine rings is 1. The van der Waals surface area contributed by atoms with Crippen LogP contribution in [0.1, 0.15) is 21.6 Å².